The number of ether oxygens (including phenoxy) is 1. The number of hydrogen-bond donors (Lipinski definition) is 1. The van der Waals surface area contributed by atoms with Gasteiger partial charge in [-0.15, -0.1) is 0 Å². The van der Waals surface area contributed by atoms with Gasteiger partial charge in [0.1, 0.15) is 0 Å². The Labute approximate surface area is 67.9 Å². The summed E-state index contributed by atoms with van der Waals surface area (Å²) in [6, 6.07) is 0. The topological polar surface area (TPSA) is 52.3 Å². The fourth-order valence-corrected chi connectivity index (χ4v) is 0.677. The standard InChI is InChI=1S/C8H17NO2/c1-6(2)11-7(10)5-8(3,4)9/h6H,5,9H2,1-4H3. The van der Waals surface area contributed by atoms with E-state index in [4.69, 9.17) is 10.5 Å². The van der Waals surface area contributed by atoms with Gasteiger partial charge in [0.25, 0.3) is 0 Å². The predicted octanol–water partition coefficient (Wildman–Crippen LogP) is 1.07. The van der Waals surface area contributed by atoms with E-state index in [1.165, 1.54) is 0 Å². The second-order valence-corrected chi connectivity index (χ2v) is 3.70. The molecule has 0 unspecified atom stereocenters. The lowest BCUT2D eigenvalue weighted by Crippen LogP contribution is -2.35. The molecule has 0 radical (unpaired) electrons. The van der Waals surface area contributed by atoms with Crippen LogP contribution < -0.4 is 5.73 Å². The van der Waals surface area contributed by atoms with Gasteiger partial charge in [-0.3, -0.25) is 4.79 Å². The van der Waals surface area contributed by atoms with Gasteiger partial charge in [-0.1, -0.05) is 0 Å². The molecular formula is C8H17NO2. The van der Waals surface area contributed by atoms with Crippen molar-refractivity contribution in [1.29, 1.82) is 0 Å². The second kappa shape index (κ2) is 3.72. The summed E-state index contributed by atoms with van der Waals surface area (Å²) in [4.78, 5) is 11.0. The summed E-state index contributed by atoms with van der Waals surface area (Å²) in [5.41, 5.74) is 5.14. The molecule has 0 aromatic carbocycles. The zero-order valence-corrected chi connectivity index (χ0v) is 7.68. The highest BCUT2D eigenvalue weighted by Crippen LogP contribution is 2.05. The molecule has 0 saturated carbocycles. The monoisotopic (exact) mass is 159 g/mol. The minimum absolute atomic E-state index is 0.0511. The first kappa shape index (κ1) is 10.4. The van der Waals surface area contributed by atoms with Gasteiger partial charge in [-0.05, 0) is 27.7 Å². The number of rotatable bonds is 3. The lowest BCUT2D eigenvalue weighted by molar-refractivity contribution is -0.148. The fraction of sp³-hybridized carbons (Fsp3) is 0.875. The van der Waals surface area contributed by atoms with Crippen LogP contribution in [0.5, 0.6) is 0 Å². The van der Waals surface area contributed by atoms with Crippen molar-refractivity contribution in [2.24, 2.45) is 5.73 Å². The highest BCUT2D eigenvalue weighted by Gasteiger charge is 2.17. The van der Waals surface area contributed by atoms with Gasteiger partial charge in [0.05, 0.1) is 12.5 Å². The van der Waals surface area contributed by atoms with E-state index in [1.807, 2.05) is 13.8 Å². The Balaban J connectivity index is 3.71. The molecule has 0 spiro atoms. The van der Waals surface area contributed by atoms with E-state index >= 15 is 0 Å². The molecule has 66 valence electrons. The Kier molecular flexibility index (Phi) is 3.52. The van der Waals surface area contributed by atoms with Gasteiger partial charge in [-0.2, -0.15) is 0 Å². The van der Waals surface area contributed by atoms with Crippen LogP contribution in [0.2, 0.25) is 0 Å². The normalized spacial score (nSPS) is 11.8. The van der Waals surface area contributed by atoms with Crippen molar-refractivity contribution in [2.45, 2.75) is 45.8 Å². The van der Waals surface area contributed by atoms with Gasteiger partial charge >= 0.3 is 5.97 Å². The summed E-state index contributed by atoms with van der Waals surface area (Å²) >= 11 is 0. The minimum Gasteiger partial charge on any atom is -0.463 e. The smallest absolute Gasteiger partial charge is 0.307 e. The van der Waals surface area contributed by atoms with Crippen LogP contribution in [-0.4, -0.2) is 17.6 Å². The van der Waals surface area contributed by atoms with Crippen LogP contribution in [0.4, 0.5) is 0 Å². The highest BCUT2D eigenvalue weighted by atomic mass is 16.5. The van der Waals surface area contributed by atoms with Crippen LogP contribution in [0.3, 0.4) is 0 Å². The molecule has 0 aliphatic heterocycles. The molecule has 0 aliphatic rings. The van der Waals surface area contributed by atoms with E-state index in [0.29, 0.717) is 0 Å². The molecule has 0 saturated heterocycles. The number of carbonyl (C=O) groups is 1. The predicted molar refractivity (Wildman–Crippen MR) is 44.1 cm³/mol. The SMILES string of the molecule is CC(C)OC(=O)CC(C)(C)N. The third-order valence-electron chi connectivity index (χ3n) is 0.967. The van der Waals surface area contributed by atoms with Crippen LogP contribution in [0.15, 0.2) is 0 Å². The average Bonchev–Trinajstić information content (AvgIpc) is 1.53. The number of carbonyl (C=O) groups excluding carboxylic acids is 1. The van der Waals surface area contributed by atoms with Gasteiger partial charge in [-0.25, -0.2) is 0 Å². The van der Waals surface area contributed by atoms with Crippen LogP contribution in [0.1, 0.15) is 34.1 Å². The van der Waals surface area contributed by atoms with Gasteiger partial charge < -0.3 is 10.5 Å². The van der Waals surface area contributed by atoms with E-state index in [-0.39, 0.29) is 18.5 Å². The molecule has 0 bridgehead atoms. The molecule has 2 N–H and O–H groups in total. The minimum atomic E-state index is -0.466. The number of hydrogen-bond acceptors (Lipinski definition) is 3. The molecule has 0 atom stereocenters. The molecule has 3 nitrogen and oxygen atoms in total. The maximum atomic E-state index is 11.0. The first-order valence-corrected chi connectivity index (χ1v) is 3.79. The molecule has 0 heterocycles. The molecule has 0 aromatic heterocycles. The van der Waals surface area contributed by atoms with Crippen LogP contribution in [0, 0.1) is 0 Å². The zero-order chi connectivity index (χ0) is 9.07. The van der Waals surface area contributed by atoms with E-state index in [9.17, 15) is 4.79 Å². The molecule has 0 rings (SSSR count). The zero-order valence-electron chi connectivity index (χ0n) is 7.68. The summed E-state index contributed by atoms with van der Waals surface area (Å²) in [6.45, 7) is 7.24. The van der Waals surface area contributed by atoms with Gasteiger partial charge in [0.2, 0.25) is 0 Å². The molecule has 0 amide bonds. The molecule has 3 heteroatoms. The van der Waals surface area contributed by atoms with E-state index in [2.05, 4.69) is 0 Å². The maximum absolute atomic E-state index is 11.0. The summed E-state index contributed by atoms with van der Waals surface area (Å²) in [6.07, 6.45) is 0.218. The van der Waals surface area contributed by atoms with Crippen molar-refractivity contribution in [3.63, 3.8) is 0 Å². The lowest BCUT2D eigenvalue weighted by atomic mass is 10.0. The first-order valence-electron chi connectivity index (χ1n) is 3.79. The van der Waals surface area contributed by atoms with E-state index in [1.54, 1.807) is 13.8 Å². The van der Waals surface area contributed by atoms with Crippen molar-refractivity contribution >= 4 is 5.97 Å². The van der Waals surface area contributed by atoms with Crippen molar-refractivity contribution < 1.29 is 9.53 Å². The molecular weight excluding hydrogens is 142 g/mol. The Morgan fingerprint density at radius 3 is 2.27 bits per heavy atom. The quantitative estimate of drug-likeness (QED) is 0.626. The molecule has 0 fully saturated rings. The average molecular weight is 159 g/mol. The van der Waals surface area contributed by atoms with Gasteiger partial charge in [0.15, 0.2) is 0 Å². The van der Waals surface area contributed by atoms with Crippen LogP contribution >= 0.6 is 0 Å². The molecule has 11 heavy (non-hydrogen) atoms. The highest BCUT2D eigenvalue weighted by molar-refractivity contribution is 5.70. The third-order valence-corrected chi connectivity index (χ3v) is 0.967. The number of nitrogens with two attached hydrogens (primary N) is 1. The number of esters is 1. The van der Waals surface area contributed by atoms with Crippen molar-refractivity contribution in [3.05, 3.63) is 0 Å². The summed E-state index contributed by atoms with van der Waals surface area (Å²) in [5, 5.41) is 0. The van der Waals surface area contributed by atoms with Crippen molar-refractivity contribution in [2.75, 3.05) is 0 Å². The largest absolute Gasteiger partial charge is 0.463 e. The third kappa shape index (κ3) is 7.33. The van der Waals surface area contributed by atoms with Crippen molar-refractivity contribution in [3.8, 4) is 0 Å². The summed E-state index contributed by atoms with van der Waals surface area (Å²) in [5.74, 6) is -0.229. The van der Waals surface area contributed by atoms with Crippen LogP contribution in [0.25, 0.3) is 0 Å². The maximum Gasteiger partial charge on any atom is 0.307 e. The van der Waals surface area contributed by atoms with Gasteiger partial charge in [0, 0.05) is 5.54 Å². The summed E-state index contributed by atoms with van der Waals surface area (Å²) < 4.78 is 4.91. The second-order valence-electron chi connectivity index (χ2n) is 3.70. The van der Waals surface area contributed by atoms with Crippen LogP contribution in [-0.2, 0) is 9.53 Å². The van der Waals surface area contributed by atoms with Crippen molar-refractivity contribution in [1.82, 2.24) is 0 Å². The Bertz CT molecular complexity index is 136. The first-order chi connectivity index (χ1) is 4.81. The fourth-order valence-electron chi connectivity index (χ4n) is 0.677. The molecule has 0 aromatic rings. The lowest BCUT2D eigenvalue weighted by Gasteiger charge is -2.17. The van der Waals surface area contributed by atoms with E-state index in [0.717, 1.165) is 0 Å². The Morgan fingerprint density at radius 2 is 2.00 bits per heavy atom. The Hall–Kier alpha value is -0.570. The van der Waals surface area contributed by atoms with E-state index < -0.39 is 5.54 Å². The summed E-state index contributed by atoms with van der Waals surface area (Å²) in [7, 11) is 0. The Morgan fingerprint density at radius 1 is 1.55 bits per heavy atom. The molecule has 0 aliphatic carbocycles.